The highest BCUT2D eigenvalue weighted by molar-refractivity contribution is 6.04. The van der Waals surface area contributed by atoms with E-state index in [4.69, 9.17) is 5.11 Å². The highest BCUT2D eigenvalue weighted by atomic mass is 16.6. The Kier molecular flexibility index (Phi) is 5.03. The molecule has 0 spiro atoms. The van der Waals surface area contributed by atoms with Crippen LogP contribution in [0.3, 0.4) is 0 Å². The van der Waals surface area contributed by atoms with Crippen LogP contribution in [0, 0.1) is 10.1 Å². The number of benzene rings is 2. The zero-order chi connectivity index (χ0) is 16.8. The second-order valence-electron chi connectivity index (χ2n) is 4.78. The molecule has 7 heteroatoms. The number of carbonyl (C=O) groups is 2. The average molecular weight is 314 g/mol. The van der Waals surface area contributed by atoms with Gasteiger partial charge in [-0.15, -0.1) is 0 Å². The molecule has 0 bridgehead atoms. The Morgan fingerprint density at radius 1 is 1.04 bits per heavy atom. The molecule has 2 aromatic rings. The third-order valence-electron chi connectivity index (χ3n) is 3.16. The van der Waals surface area contributed by atoms with Gasteiger partial charge in [-0.05, 0) is 11.6 Å². The Labute approximate surface area is 131 Å². The van der Waals surface area contributed by atoms with Crippen LogP contribution in [0.15, 0.2) is 54.6 Å². The molecule has 1 N–H and O–H groups in total. The average Bonchev–Trinajstić information content (AvgIpc) is 2.53. The van der Waals surface area contributed by atoms with Gasteiger partial charge < -0.3 is 10.0 Å². The van der Waals surface area contributed by atoms with Crippen molar-refractivity contribution in [3.8, 4) is 0 Å². The molecule has 0 aliphatic carbocycles. The van der Waals surface area contributed by atoms with Crippen LogP contribution in [0.25, 0.3) is 0 Å². The molecule has 0 aliphatic heterocycles. The molecule has 2 aromatic carbocycles. The summed E-state index contributed by atoms with van der Waals surface area (Å²) < 4.78 is 0. The van der Waals surface area contributed by atoms with Crippen LogP contribution in [-0.4, -0.2) is 21.9 Å². The van der Waals surface area contributed by atoms with E-state index >= 15 is 0 Å². The number of nitro benzene ring substituents is 1. The molecule has 0 heterocycles. The summed E-state index contributed by atoms with van der Waals surface area (Å²) in [6, 6.07) is 14.6. The summed E-state index contributed by atoms with van der Waals surface area (Å²) in [6.07, 6.45) is -0.737. The van der Waals surface area contributed by atoms with Gasteiger partial charge in [0.25, 0.3) is 5.69 Å². The first-order valence-electron chi connectivity index (χ1n) is 6.78. The second-order valence-corrected chi connectivity index (χ2v) is 4.78. The lowest BCUT2D eigenvalue weighted by molar-refractivity contribution is -0.384. The molecule has 0 atom stereocenters. The predicted molar refractivity (Wildman–Crippen MR) is 83.0 cm³/mol. The first-order chi connectivity index (χ1) is 11.0. The summed E-state index contributed by atoms with van der Waals surface area (Å²) in [4.78, 5) is 34.8. The molecule has 0 aliphatic rings. The summed E-state index contributed by atoms with van der Waals surface area (Å²) >= 11 is 0. The summed E-state index contributed by atoms with van der Waals surface area (Å²) in [5.41, 5.74) is 0.569. The Balaban J connectivity index is 2.43. The summed E-state index contributed by atoms with van der Waals surface area (Å²) in [5, 5.41) is 20.0. The van der Waals surface area contributed by atoms with Gasteiger partial charge in [-0.1, -0.05) is 42.5 Å². The van der Waals surface area contributed by atoms with Crippen molar-refractivity contribution in [1.29, 1.82) is 0 Å². The van der Waals surface area contributed by atoms with Gasteiger partial charge in [-0.3, -0.25) is 19.7 Å². The molecule has 23 heavy (non-hydrogen) atoms. The first-order valence-corrected chi connectivity index (χ1v) is 6.78. The number of nitro groups is 1. The number of carboxylic acid groups (broad SMARTS) is 1. The number of hydrogen-bond acceptors (Lipinski definition) is 4. The Morgan fingerprint density at radius 2 is 1.65 bits per heavy atom. The lowest BCUT2D eigenvalue weighted by Crippen LogP contribution is -2.32. The maximum Gasteiger partial charge on any atom is 0.312 e. The minimum atomic E-state index is -1.29. The number of aliphatic carboxylic acids is 1. The summed E-state index contributed by atoms with van der Waals surface area (Å²) in [6.45, 7) is 0.0534. The molecular weight excluding hydrogens is 300 g/mol. The topological polar surface area (TPSA) is 101 Å². The molecule has 2 rings (SSSR count). The standard InChI is InChI=1S/C16H14N2O5/c19-15(10-16(20)21)17(11-12-6-2-1-3-7-12)13-8-4-5-9-14(13)18(22)23/h1-9H,10-11H2,(H,20,21). The smallest absolute Gasteiger partial charge is 0.312 e. The van der Waals surface area contributed by atoms with Crippen LogP contribution in [-0.2, 0) is 16.1 Å². The number of hydrogen-bond donors (Lipinski definition) is 1. The number of anilines is 1. The Hall–Kier alpha value is -3.22. The Morgan fingerprint density at radius 3 is 2.26 bits per heavy atom. The molecule has 0 unspecified atom stereocenters. The fourth-order valence-corrected chi connectivity index (χ4v) is 2.15. The largest absolute Gasteiger partial charge is 0.481 e. The molecular formula is C16H14N2O5. The van der Waals surface area contributed by atoms with E-state index in [0.29, 0.717) is 0 Å². The fourth-order valence-electron chi connectivity index (χ4n) is 2.15. The third kappa shape index (κ3) is 4.13. The van der Waals surface area contributed by atoms with Crippen LogP contribution >= 0.6 is 0 Å². The van der Waals surface area contributed by atoms with E-state index in [9.17, 15) is 19.7 Å². The third-order valence-corrected chi connectivity index (χ3v) is 3.16. The van der Waals surface area contributed by atoms with Crippen molar-refractivity contribution in [2.24, 2.45) is 0 Å². The molecule has 1 amide bonds. The van der Waals surface area contributed by atoms with E-state index < -0.39 is 23.2 Å². The summed E-state index contributed by atoms with van der Waals surface area (Å²) in [7, 11) is 0. The van der Waals surface area contributed by atoms with Crippen LogP contribution in [0.2, 0.25) is 0 Å². The zero-order valence-electron chi connectivity index (χ0n) is 12.1. The maximum absolute atomic E-state index is 12.3. The number of carbonyl (C=O) groups excluding carboxylic acids is 1. The molecule has 118 valence electrons. The zero-order valence-corrected chi connectivity index (χ0v) is 12.1. The molecule has 0 radical (unpaired) electrons. The van der Waals surface area contributed by atoms with Gasteiger partial charge in [-0.2, -0.15) is 0 Å². The van der Waals surface area contributed by atoms with Gasteiger partial charge in [0.05, 0.1) is 11.5 Å². The number of amides is 1. The van der Waals surface area contributed by atoms with E-state index in [1.165, 1.54) is 18.2 Å². The van der Waals surface area contributed by atoms with Gasteiger partial charge >= 0.3 is 5.97 Å². The minimum Gasteiger partial charge on any atom is -0.481 e. The van der Waals surface area contributed by atoms with Crippen molar-refractivity contribution in [1.82, 2.24) is 0 Å². The number of carboxylic acids is 1. The molecule has 0 fully saturated rings. The van der Waals surface area contributed by atoms with Crippen LogP contribution in [0.1, 0.15) is 12.0 Å². The Bertz CT molecular complexity index is 730. The quantitative estimate of drug-likeness (QED) is 0.502. The predicted octanol–water partition coefficient (Wildman–Crippen LogP) is 2.60. The van der Waals surface area contributed by atoms with Gasteiger partial charge in [0.2, 0.25) is 5.91 Å². The van der Waals surface area contributed by atoms with Crippen molar-refractivity contribution in [3.05, 3.63) is 70.3 Å². The fraction of sp³-hybridized carbons (Fsp3) is 0.125. The number of nitrogens with zero attached hydrogens (tertiary/aromatic N) is 2. The van der Waals surface area contributed by atoms with Crippen molar-refractivity contribution in [2.75, 3.05) is 4.90 Å². The SMILES string of the molecule is O=C(O)CC(=O)N(Cc1ccccc1)c1ccccc1[N+](=O)[O-]. The minimum absolute atomic E-state index is 0.0534. The van der Waals surface area contributed by atoms with Gasteiger partial charge in [-0.25, -0.2) is 0 Å². The van der Waals surface area contributed by atoms with E-state index in [1.54, 1.807) is 36.4 Å². The van der Waals surface area contributed by atoms with Gasteiger partial charge in [0.1, 0.15) is 12.1 Å². The first kappa shape index (κ1) is 16.2. The van der Waals surface area contributed by atoms with Gasteiger partial charge in [0, 0.05) is 6.07 Å². The second kappa shape index (κ2) is 7.17. The van der Waals surface area contributed by atoms with Crippen molar-refractivity contribution in [3.63, 3.8) is 0 Å². The van der Waals surface area contributed by atoms with Crippen molar-refractivity contribution < 1.29 is 19.6 Å². The van der Waals surface area contributed by atoms with E-state index in [1.807, 2.05) is 0 Å². The summed E-state index contributed by atoms with van der Waals surface area (Å²) in [5.74, 6) is -2.00. The highest BCUT2D eigenvalue weighted by Crippen LogP contribution is 2.29. The van der Waals surface area contributed by atoms with Crippen LogP contribution < -0.4 is 4.90 Å². The van der Waals surface area contributed by atoms with Crippen LogP contribution in [0.5, 0.6) is 0 Å². The van der Waals surface area contributed by atoms with Crippen LogP contribution in [0.4, 0.5) is 11.4 Å². The molecule has 0 saturated heterocycles. The normalized spacial score (nSPS) is 10.1. The van der Waals surface area contributed by atoms with Gasteiger partial charge in [0.15, 0.2) is 0 Å². The van der Waals surface area contributed by atoms with E-state index in [2.05, 4.69) is 0 Å². The van der Waals surface area contributed by atoms with E-state index in [-0.39, 0.29) is 17.9 Å². The van der Waals surface area contributed by atoms with E-state index in [0.717, 1.165) is 10.5 Å². The number of rotatable bonds is 6. The van der Waals surface area contributed by atoms with Crippen molar-refractivity contribution in [2.45, 2.75) is 13.0 Å². The molecule has 0 saturated carbocycles. The lowest BCUT2D eigenvalue weighted by Gasteiger charge is -2.22. The molecule has 0 aromatic heterocycles. The molecule has 7 nitrogen and oxygen atoms in total. The lowest BCUT2D eigenvalue weighted by atomic mass is 10.1. The van der Waals surface area contributed by atoms with Crippen molar-refractivity contribution >= 4 is 23.3 Å². The maximum atomic E-state index is 12.3. The highest BCUT2D eigenvalue weighted by Gasteiger charge is 2.25. The monoisotopic (exact) mass is 314 g/mol. The number of para-hydroxylation sites is 2.